The number of aromatic nitrogens is 1. The second-order valence-electron chi connectivity index (χ2n) is 5.80. The van der Waals surface area contributed by atoms with Gasteiger partial charge in [0.05, 0.1) is 13.7 Å². The van der Waals surface area contributed by atoms with E-state index in [0.29, 0.717) is 5.75 Å². The van der Waals surface area contributed by atoms with E-state index >= 15 is 0 Å². The zero-order valence-electron chi connectivity index (χ0n) is 15.0. The Morgan fingerprint density at radius 3 is 2.62 bits per heavy atom. The van der Waals surface area contributed by atoms with Crippen LogP contribution in [0.3, 0.4) is 0 Å². The number of rotatable bonds is 7. The van der Waals surface area contributed by atoms with Crippen LogP contribution < -0.4 is 15.2 Å². The number of aliphatic hydroxyl groups excluding tert-OH is 1. The van der Waals surface area contributed by atoms with Crippen LogP contribution in [0.1, 0.15) is 22.4 Å². The molecule has 2 aromatic carbocycles. The van der Waals surface area contributed by atoms with E-state index in [1.807, 2.05) is 0 Å². The van der Waals surface area contributed by atoms with Gasteiger partial charge in [-0.05, 0) is 24.3 Å². The van der Waals surface area contributed by atoms with E-state index in [1.165, 1.54) is 19.2 Å². The number of hydrogen-bond acceptors (Lipinski definition) is 6. The van der Waals surface area contributed by atoms with Crippen molar-refractivity contribution in [3.05, 3.63) is 65.5 Å². The molecule has 1 heterocycles. The summed E-state index contributed by atoms with van der Waals surface area (Å²) in [6.07, 6.45) is -0.187. The van der Waals surface area contributed by atoms with Crippen molar-refractivity contribution in [2.45, 2.75) is 6.10 Å². The molecule has 0 bridgehead atoms. The summed E-state index contributed by atoms with van der Waals surface area (Å²) in [5.74, 6) is -4.86. The van der Waals surface area contributed by atoms with Gasteiger partial charge in [-0.3, -0.25) is 4.79 Å². The summed E-state index contributed by atoms with van der Waals surface area (Å²) in [5, 5.41) is 9.56. The molecule has 3 aromatic rings. The van der Waals surface area contributed by atoms with Crippen LogP contribution in [-0.2, 0) is 0 Å². The largest absolute Gasteiger partial charge is 0.497 e. The smallest absolute Gasteiger partial charge is 0.254 e. The van der Waals surface area contributed by atoms with Crippen molar-refractivity contribution in [2.24, 2.45) is 5.73 Å². The number of aliphatic hydroxyl groups is 1. The number of methoxy groups -OCH3 is 1. The van der Waals surface area contributed by atoms with Gasteiger partial charge in [0.1, 0.15) is 34.9 Å². The van der Waals surface area contributed by atoms with Crippen LogP contribution in [0.2, 0.25) is 0 Å². The SMILES string of the molecule is COc1ccc(-c2coc(C(CO)Oc3ccc(F)c(C(N)=O)c3F)n2)c(F)c1. The first kappa shape index (κ1) is 20.2. The van der Waals surface area contributed by atoms with Crippen molar-refractivity contribution in [3.8, 4) is 22.8 Å². The molecule has 1 amide bonds. The lowest BCUT2D eigenvalue weighted by molar-refractivity contribution is 0.0887. The standard InChI is InChI=1S/C19H15F3N2O5/c1-27-9-2-3-10(12(21)6-9)13-8-28-19(24-13)15(7-25)29-14-5-4-11(20)16(17(14)22)18(23)26/h2-6,8,15,25H,7H2,1H3,(H2,23,26). The average molecular weight is 408 g/mol. The van der Waals surface area contributed by atoms with Crippen molar-refractivity contribution < 1.29 is 37.0 Å². The first-order valence-corrected chi connectivity index (χ1v) is 8.20. The minimum Gasteiger partial charge on any atom is -0.497 e. The van der Waals surface area contributed by atoms with Gasteiger partial charge < -0.3 is 24.7 Å². The summed E-state index contributed by atoms with van der Waals surface area (Å²) >= 11 is 0. The summed E-state index contributed by atoms with van der Waals surface area (Å²) < 4.78 is 57.5. The second-order valence-corrected chi connectivity index (χ2v) is 5.80. The molecule has 0 saturated heterocycles. The van der Waals surface area contributed by atoms with Crippen LogP contribution in [-0.4, -0.2) is 29.7 Å². The number of carbonyl (C=O) groups is 1. The highest BCUT2D eigenvalue weighted by Crippen LogP contribution is 2.30. The number of nitrogens with zero attached hydrogens (tertiary/aromatic N) is 1. The van der Waals surface area contributed by atoms with E-state index in [-0.39, 0.29) is 17.1 Å². The number of nitrogens with two attached hydrogens (primary N) is 1. The van der Waals surface area contributed by atoms with Gasteiger partial charge in [0.25, 0.3) is 5.91 Å². The Bertz CT molecular complexity index is 1050. The fraction of sp³-hybridized carbons (Fsp3) is 0.158. The van der Waals surface area contributed by atoms with E-state index in [1.54, 1.807) is 0 Å². The van der Waals surface area contributed by atoms with E-state index < -0.39 is 47.4 Å². The Morgan fingerprint density at radius 2 is 2.00 bits per heavy atom. The molecule has 0 saturated carbocycles. The van der Waals surface area contributed by atoms with Gasteiger partial charge >= 0.3 is 0 Å². The fourth-order valence-electron chi connectivity index (χ4n) is 2.56. The lowest BCUT2D eigenvalue weighted by Crippen LogP contribution is -2.18. The van der Waals surface area contributed by atoms with Crippen LogP contribution in [0, 0.1) is 17.5 Å². The fourth-order valence-corrected chi connectivity index (χ4v) is 2.56. The summed E-state index contributed by atoms with van der Waals surface area (Å²) in [6.45, 7) is -0.701. The highest BCUT2D eigenvalue weighted by atomic mass is 19.1. The van der Waals surface area contributed by atoms with Crippen molar-refractivity contribution in [1.29, 1.82) is 0 Å². The van der Waals surface area contributed by atoms with Gasteiger partial charge in [-0.15, -0.1) is 0 Å². The molecule has 7 nitrogen and oxygen atoms in total. The van der Waals surface area contributed by atoms with E-state index in [0.717, 1.165) is 24.5 Å². The Balaban J connectivity index is 1.89. The summed E-state index contributed by atoms with van der Waals surface area (Å²) in [4.78, 5) is 15.3. The van der Waals surface area contributed by atoms with E-state index in [9.17, 15) is 23.1 Å². The quantitative estimate of drug-likeness (QED) is 0.622. The molecule has 29 heavy (non-hydrogen) atoms. The number of benzene rings is 2. The van der Waals surface area contributed by atoms with Gasteiger partial charge in [-0.1, -0.05) is 0 Å². The predicted molar refractivity (Wildman–Crippen MR) is 93.8 cm³/mol. The number of carbonyl (C=O) groups excluding carboxylic acids is 1. The highest BCUT2D eigenvalue weighted by Gasteiger charge is 2.25. The van der Waals surface area contributed by atoms with Gasteiger partial charge in [-0.25, -0.2) is 18.2 Å². The molecular weight excluding hydrogens is 393 g/mol. The third kappa shape index (κ3) is 4.02. The van der Waals surface area contributed by atoms with E-state index in [2.05, 4.69) is 4.98 Å². The molecule has 3 rings (SSSR count). The number of ether oxygens (including phenoxy) is 2. The Morgan fingerprint density at radius 1 is 1.24 bits per heavy atom. The number of primary amides is 1. The molecule has 0 aliphatic rings. The minimum atomic E-state index is -1.33. The Labute approximate surface area is 162 Å². The summed E-state index contributed by atoms with van der Waals surface area (Å²) in [5.41, 5.74) is 4.18. The Hall–Kier alpha value is -3.53. The van der Waals surface area contributed by atoms with Crippen LogP contribution >= 0.6 is 0 Å². The minimum absolute atomic E-state index is 0.0969. The zero-order valence-corrected chi connectivity index (χ0v) is 15.0. The maximum Gasteiger partial charge on any atom is 0.254 e. The van der Waals surface area contributed by atoms with Crippen LogP contribution in [0.25, 0.3) is 11.3 Å². The summed E-state index contributed by atoms with van der Waals surface area (Å²) in [7, 11) is 1.39. The molecule has 0 aliphatic carbocycles. The van der Waals surface area contributed by atoms with Crippen molar-refractivity contribution in [1.82, 2.24) is 4.98 Å². The molecular formula is C19H15F3N2O5. The first-order chi connectivity index (χ1) is 13.8. The predicted octanol–water partition coefficient (Wildman–Crippen LogP) is 2.98. The molecule has 152 valence electrons. The number of halogens is 3. The maximum atomic E-state index is 14.3. The molecule has 0 radical (unpaired) electrons. The monoisotopic (exact) mass is 408 g/mol. The van der Waals surface area contributed by atoms with Crippen LogP contribution in [0.4, 0.5) is 13.2 Å². The molecule has 1 unspecified atom stereocenters. The number of amides is 1. The average Bonchev–Trinajstić information content (AvgIpc) is 3.16. The molecule has 3 N–H and O–H groups in total. The Kier molecular flexibility index (Phi) is 5.74. The van der Waals surface area contributed by atoms with Gasteiger partial charge in [0.15, 0.2) is 17.7 Å². The highest BCUT2D eigenvalue weighted by molar-refractivity contribution is 5.93. The first-order valence-electron chi connectivity index (χ1n) is 8.20. The van der Waals surface area contributed by atoms with Gasteiger partial charge in [0, 0.05) is 11.6 Å². The lowest BCUT2D eigenvalue weighted by atomic mass is 10.1. The number of oxazole rings is 1. The van der Waals surface area contributed by atoms with Gasteiger partial charge in [-0.2, -0.15) is 0 Å². The van der Waals surface area contributed by atoms with Crippen molar-refractivity contribution in [3.63, 3.8) is 0 Å². The molecule has 0 fully saturated rings. The third-order valence-electron chi connectivity index (χ3n) is 3.99. The lowest BCUT2D eigenvalue weighted by Gasteiger charge is -2.15. The second kappa shape index (κ2) is 8.23. The van der Waals surface area contributed by atoms with Crippen molar-refractivity contribution in [2.75, 3.05) is 13.7 Å². The maximum absolute atomic E-state index is 14.3. The molecule has 10 heteroatoms. The topological polar surface area (TPSA) is 108 Å². The normalized spacial score (nSPS) is 11.9. The summed E-state index contributed by atoms with van der Waals surface area (Å²) in [6, 6.07) is 5.81. The number of hydrogen-bond donors (Lipinski definition) is 2. The van der Waals surface area contributed by atoms with Gasteiger partial charge in [0.2, 0.25) is 5.89 Å². The molecule has 1 atom stereocenters. The van der Waals surface area contributed by atoms with Crippen LogP contribution in [0.15, 0.2) is 41.0 Å². The van der Waals surface area contributed by atoms with Crippen molar-refractivity contribution >= 4 is 5.91 Å². The molecule has 1 aromatic heterocycles. The van der Waals surface area contributed by atoms with E-state index in [4.69, 9.17) is 19.6 Å². The third-order valence-corrected chi connectivity index (χ3v) is 3.99. The molecule has 0 aliphatic heterocycles. The molecule has 0 spiro atoms. The zero-order chi connectivity index (χ0) is 21.1. The van der Waals surface area contributed by atoms with Crippen LogP contribution in [0.5, 0.6) is 11.5 Å².